The molecule has 1 N–H and O–H groups in total. The minimum atomic E-state index is -0.0923. The van der Waals surface area contributed by atoms with Crippen molar-refractivity contribution in [1.82, 2.24) is 20.0 Å². The van der Waals surface area contributed by atoms with Crippen LogP contribution in [0.5, 0.6) is 0 Å². The maximum absolute atomic E-state index is 12.1. The van der Waals surface area contributed by atoms with Crippen LogP contribution >= 0.6 is 0 Å². The predicted octanol–water partition coefficient (Wildman–Crippen LogP) is 2.66. The summed E-state index contributed by atoms with van der Waals surface area (Å²) in [6.07, 6.45) is 6.44. The number of ether oxygens (including phenoxy) is 1. The van der Waals surface area contributed by atoms with E-state index < -0.39 is 0 Å². The van der Waals surface area contributed by atoms with Crippen LogP contribution in [0.15, 0.2) is 47.7 Å². The topological polar surface area (TPSA) is 71.8 Å². The van der Waals surface area contributed by atoms with Crippen molar-refractivity contribution in [1.29, 1.82) is 0 Å². The second-order valence-corrected chi connectivity index (χ2v) is 7.14. The van der Waals surface area contributed by atoms with Gasteiger partial charge < -0.3 is 15.0 Å². The third kappa shape index (κ3) is 5.82. The molecule has 1 atom stereocenters. The minimum absolute atomic E-state index is 0.0672. The van der Waals surface area contributed by atoms with E-state index in [0.717, 1.165) is 44.0 Å². The molecule has 0 aliphatic carbocycles. The first kappa shape index (κ1) is 20.9. The summed E-state index contributed by atoms with van der Waals surface area (Å²) in [5.74, 6) is 0.724. The molecule has 7 heteroatoms. The molecule has 0 amide bonds. The fraction of sp³-hybridized carbons (Fsp3) is 0.500. The molecule has 1 aliphatic heterocycles. The predicted molar refractivity (Wildman–Crippen MR) is 114 cm³/mol. The Balaban J connectivity index is 1.58. The number of carbonyl (C=O) groups is 1. The molecule has 0 bridgehead atoms. The van der Waals surface area contributed by atoms with Crippen molar-refractivity contribution >= 4 is 11.9 Å². The van der Waals surface area contributed by atoms with Gasteiger partial charge in [0.2, 0.25) is 0 Å². The highest BCUT2D eigenvalue weighted by Gasteiger charge is 2.28. The lowest BCUT2D eigenvalue weighted by molar-refractivity contribution is -0.149. The third-order valence-electron chi connectivity index (χ3n) is 5.04. The van der Waals surface area contributed by atoms with E-state index in [9.17, 15) is 4.79 Å². The number of aromatic nitrogens is 2. The lowest BCUT2D eigenvalue weighted by atomic mass is 9.98. The van der Waals surface area contributed by atoms with Crippen LogP contribution in [0, 0.1) is 5.92 Å². The molecule has 0 spiro atoms. The number of rotatable bonds is 7. The Morgan fingerprint density at radius 2 is 2.14 bits per heavy atom. The van der Waals surface area contributed by atoms with Crippen LogP contribution in [0.1, 0.15) is 32.3 Å². The number of esters is 1. The molecule has 0 radical (unpaired) electrons. The van der Waals surface area contributed by atoms with E-state index in [1.54, 1.807) is 6.20 Å². The normalized spacial score (nSPS) is 17.2. The van der Waals surface area contributed by atoms with Crippen LogP contribution in [0.3, 0.4) is 0 Å². The standard InChI is InChI=1S/C22H31N5O2/c1-3-23-22(26-15-5-7-19(17-26)21(28)29-4-2)24-14-12-18-8-10-20(11-9-18)27-16-6-13-25-27/h6,8-11,13,16,19H,3-5,7,12,14-15,17H2,1-2H3,(H,23,24). The Hall–Kier alpha value is -2.83. The van der Waals surface area contributed by atoms with E-state index >= 15 is 0 Å². The van der Waals surface area contributed by atoms with Crippen LogP contribution in [0.4, 0.5) is 0 Å². The molecule has 7 nitrogen and oxygen atoms in total. The molecule has 1 aromatic heterocycles. The van der Waals surface area contributed by atoms with Gasteiger partial charge >= 0.3 is 5.97 Å². The first-order valence-electron chi connectivity index (χ1n) is 10.5. The summed E-state index contributed by atoms with van der Waals surface area (Å²) in [4.78, 5) is 19.1. The number of likely N-dealkylation sites (tertiary alicyclic amines) is 1. The van der Waals surface area contributed by atoms with Crippen molar-refractivity contribution in [3.8, 4) is 5.69 Å². The van der Waals surface area contributed by atoms with Crippen molar-refractivity contribution < 1.29 is 9.53 Å². The number of hydrogen-bond donors (Lipinski definition) is 1. The van der Waals surface area contributed by atoms with Crippen LogP contribution in [-0.4, -0.2) is 59.4 Å². The first-order valence-corrected chi connectivity index (χ1v) is 10.5. The molecule has 1 aliphatic rings. The maximum Gasteiger partial charge on any atom is 0.310 e. The van der Waals surface area contributed by atoms with Crippen molar-refractivity contribution in [2.75, 3.05) is 32.8 Å². The number of hydrogen-bond acceptors (Lipinski definition) is 4. The Labute approximate surface area is 172 Å². The summed E-state index contributed by atoms with van der Waals surface area (Å²) in [6.45, 7) is 7.44. The first-order chi connectivity index (χ1) is 14.2. The fourth-order valence-electron chi connectivity index (χ4n) is 3.58. The summed E-state index contributed by atoms with van der Waals surface area (Å²) in [5.41, 5.74) is 2.29. The highest BCUT2D eigenvalue weighted by Crippen LogP contribution is 2.18. The number of guanidine groups is 1. The van der Waals surface area contributed by atoms with E-state index in [1.807, 2.05) is 23.9 Å². The molecule has 2 aromatic rings. The number of nitrogens with zero attached hydrogens (tertiary/aromatic N) is 4. The largest absolute Gasteiger partial charge is 0.466 e. The second kappa shape index (κ2) is 10.6. The van der Waals surface area contributed by atoms with Gasteiger partial charge in [-0.3, -0.25) is 9.79 Å². The molecule has 156 valence electrons. The maximum atomic E-state index is 12.1. The fourth-order valence-corrected chi connectivity index (χ4v) is 3.58. The highest BCUT2D eigenvalue weighted by atomic mass is 16.5. The number of benzene rings is 1. The van der Waals surface area contributed by atoms with Crippen molar-refractivity contribution in [2.45, 2.75) is 33.1 Å². The van der Waals surface area contributed by atoms with Crippen LogP contribution in [0.2, 0.25) is 0 Å². The lowest BCUT2D eigenvalue weighted by Crippen LogP contribution is -2.48. The summed E-state index contributed by atoms with van der Waals surface area (Å²) in [5, 5.41) is 7.62. The average Bonchev–Trinajstić information content (AvgIpc) is 3.29. The summed E-state index contributed by atoms with van der Waals surface area (Å²) < 4.78 is 7.06. The molecule has 1 aromatic carbocycles. The van der Waals surface area contributed by atoms with Crippen molar-refractivity contribution in [2.24, 2.45) is 10.9 Å². The molecule has 29 heavy (non-hydrogen) atoms. The Morgan fingerprint density at radius 1 is 1.31 bits per heavy atom. The zero-order chi connectivity index (χ0) is 20.5. The van der Waals surface area contributed by atoms with Gasteiger partial charge in [-0.1, -0.05) is 12.1 Å². The van der Waals surface area contributed by atoms with E-state index in [2.05, 4.69) is 46.5 Å². The molecule has 1 fully saturated rings. The Kier molecular flexibility index (Phi) is 7.67. The molecular weight excluding hydrogens is 366 g/mol. The number of piperidine rings is 1. The van der Waals surface area contributed by atoms with Gasteiger partial charge in [-0.05, 0) is 56.9 Å². The van der Waals surface area contributed by atoms with Gasteiger partial charge in [0, 0.05) is 38.6 Å². The molecule has 3 rings (SSSR count). The van der Waals surface area contributed by atoms with Gasteiger partial charge in [0.1, 0.15) is 0 Å². The smallest absolute Gasteiger partial charge is 0.310 e. The Bertz CT molecular complexity index is 786. The summed E-state index contributed by atoms with van der Waals surface area (Å²) in [7, 11) is 0. The zero-order valence-electron chi connectivity index (χ0n) is 17.4. The average molecular weight is 398 g/mol. The van der Waals surface area contributed by atoms with Gasteiger partial charge in [-0.15, -0.1) is 0 Å². The quantitative estimate of drug-likeness (QED) is 0.442. The van der Waals surface area contributed by atoms with Crippen molar-refractivity contribution in [3.63, 3.8) is 0 Å². The lowest BCUT2D eigenvalue weighted by Gasteiger charge is -2.34. The van der Waals surface area contributed by atoms with Crippen molar-refractivity contribution in [3.05, 3.63) is 48.3 Å². The highest BCUT2D eigenvalue weighted by molar-refractivity contribution is 5.81. The molecule has 0 saturated carbocycles. The van der Waals surface area contributed by atoms with Gasteiger partial charge in [0.05, 0.1) is 18.2 Å². The third-order valence-corrected chi connectivity index (χ3v) is 5.04. The van der Waals surface area contributed by atoms with Crippen LogP contribution < -0.4 is 5.32 Å². The van der Waals surface area contributed by atoms with Gasteiger partial charge in [0.25, 0.3) is 0 Å². The Morgan fingerprint density at radius 3 is 2.83 bits per heavy atom. The monoisotopic (exact) mass is 397 g/mol. The minimum Gasteiger partial charge on any atom is -0.466 e. The molecule has 1 saturated heterocycles. The summed E-state index contributed by atoms with van der Waals surface area (Å²) in [6, 6.07) is 10.3. The SMILES string of the molecule is CCNC(=NCCc1ccc(-n2cccn2)cc1)N1CCCC(C(=O)OCC)C1. The van der Waals surface area contributed by atoms with E-state index in [1.165, 1.54) is 5.56 Å². The molecule has 1 unspecified atom stereocenters. The van der Waals surface area contributed by atoms with Crippen LogP contribution in [-0.2, 0) is 16.0 Å². The van der Waals surface area contributed by atoms with Gasteiger partial charge in [0.15, 0.2) is 5.96 Å². The van der Waals surface area contributed by atoms with E-state index in [4.69, 9.17) is 9.73 Å². The van der Waals surface area contributed by atoms with E-state index in [0.29, 0.717) is 19.7 Å². The molecule has 2 heterocycles. The summed E-state index contributed by atoms with van der Waals surface area (Å²) >= 11 is 0. The number of nitrogens with one attached hydrogen (secondary N) is 1. The molecular formula is C22H31N5O2. The number of aliphatic imine (C=N–C) groups is 1. The van der Waals surface area contributed by atoms with E-state index in [-0.39, 0.29) is 11.9 Å². The second-order valence-electron chi connectivity index (χ2n) is 7.14. The number of carbonyl (C=O) groups excluding carboxylic acids is 1. The van der Waals surface area contributed by atoms with Gasteiger partial charge in [-0.25, -0.2) is 4.68 Å². The van der Waals surface area contributed by atoms with Gasteiger partial charge in [-0.2, -0.15) is 5.10 Å². The zero-order valence-corrected chi connectivity index (χ0v) is 17.4. The van der Waals surface area contributed by atoms with Crippen LogP contribution in [0.25, 0.3) is 5.69 Å².